The van der Waals surface area contributed by atoms with E-state index in [0.717, 1.165) is 6.20 Å². The summed E-state index contributed by atoms with van der Waals surface area (Å²) in [6.07, 6.45) is -0.0468. The molecule has 0 aromatic carbocycles. The molecule has 0 unspecified atom stereocenters. The largest absolute Gasteiger partial charge is 0.478 e. The lowest BCUT2D eigenvalue weighted by atomic mass is 10.1. The van der Waals surface area contributed by atoms with E-state index in [9.17, 15) is 14.0 Å². The van der Waals surface area contributed by atoms with E-state index in [-0.39, 0.29) is 11.4 Å². The molecular weight excluding hydrogens is 255 g/mol. The molecule has 1 heterocycles. The van der Waals surface area contributed by atoms with E-state index in [2.05, 4.69) is 10.3 Å². The van der Waals surface area contributed by atoms with Gasteiger partial charge in [0.05, 0.1) is 6.20 Å². The van der Waals surface area contributed by atoms with E-state index in [0.29, 0.717) is 0 Å². The fraction of sp³-hybridized carbons (Fsp3) is 0.417. The summed E-state index contributed by atoms with van der Waals surface area (Å²) in [7, 11) is 0. The molecule has 0 aliphatic heterocycles. The minimum Gasteiger partial charge on any atom is -0.478 e. The molecule has 0 fully saturated rings. The zero-order chi connectivity index (χ0) is 14.8. The molecule has 0 radical (unpaired) electrons. The number of amides is 1. The highest BCUT2D eigenvalue weighted by molar-refractivity contribution is 5.93. The fourth-order valence-electron chi connectivity index (χ4n) is 1.37. The number of hydrogen-bond acceptors (Lipinski definition) is 4. The van der Waals surface area contributed by atoms with Gasteiger partial charge in [-0.15, -0.1) is 0 Å². The minimum absolute atomic E-state index is 0.0263. The molecule has 104 valence electrons. The lowest BCUT2D eigenvalue weighted by Gasteiger charge is -2.20. The molecule has 0 aliphatic carbocycles. The molecule has 0 atom stereocenters. The number of hydrogen-bond donors (Lipinski definition) is 2. The van der Waals surface area contributed by atoms with Crippen LogP contribution in [-0.2, 0) is 4.74 Å². The monoisotopic (exact) mass is 270 g/mol. The Hall–Kier alpha value is -2.18. The molecule has 1 rings (SSSR count). The second-order valence-corrected chi connectivity index (χ2v) is 4.89. The highest BCUT2D eigenvalue weighted by Crippen LogP contribution is 2.20. The summed E-state index contributed by atoms with van der Waals surface area (Å²) in [4.78, 5) is 26.1. The number of anilines is 1. The van der Waals surface area contributed by atoms with E-state index >= 15 is 0 Å². The average molecular weight is 270 g/mol. The smallest absolute Gasteiger partial charge is 0.413 e. The highest BCUT2D eigenvalue weighted by Gasteiger charge is 2.21. The number of carboxylic acids is 1. The maximum atomic E-state index is 13.3. The van der Waals surface area contributed by atoms with Crippen molar-refractivity contribution in [1.29, 1.82) is 0 Å². The van der Waals surface area contributed by atoms with Crippen LogP contribution < -0.4 is 5.32 Å². The average Bonchev–Trinajstić information content (AvgIpc) is 2.19. The van der Waals surface area contributed by atoms with Crippen LogP contribution >= 0.6 is 0 Å². The van der Waals surface area contributed by atoms with Crippen molar-refractivity contribution < 1.29 is 23.8 Å². The maximum Gasteiger partial charge on any atom is 0.413 e. The standard InChI is InChI=1S/C12H15FN2O4/c1-6-8(10(16)17)7(13)5-14-9(6)15-11(18)19-12(2,3)4/h5H,1-4H3,(H,16,17)(H,14,15,18). The molecule has 7 heteroatoms. The Bertz CT molecular complexity index is 523. The molecule has 1 aromatic rings. The van der Waals surface area contributed by atoms with Crippen LogP contribution in [0.25, 0.3) is 0 Å². The number of carbonyl (C=O) groups is 2. The van der Waals surface area contributed by atoms with Gasteiger partial charge in [-0.3, -0.25) is 5.32 Å². The molecule has 6 nitrogen and oxygen atoms in total. The summed E-state index contributed by atoms with van der Waals surface area (Å²) in [5.41, 5.74) is -1.20. The van der Waals surface area contributed by atoms with Crippen LogP contribution in [-0.4, -0.2) is 27.8 Å². The first-order chi connectivity index (χ1) is 8.61. The van der Waals surface area contributed by atoms with Crippen LogP contribution in [0.2, 0.25) is 0 Å². The number of pyridine rings is 1. The third-order valence-electron chi connectivity index (χ3n) is 2.11. The second kappa shape index (κ2) is 5.21. The van der Waals surface area contributed by atoms with Crippen LogP contribution in [0.15, 0.2) is 6.20 Å². The number of carbonyl (C=O) groups excluding carboxylic acids is 1. The summed E-state index contributed by atoms with van der Waals surface area (Å²) in [5.74, 6) is -2.43. The van der Waals surface area contributed by atoms with Crippen molar-refractivity contribution in [3.05, 3.63) is 23.1 Å². The van der Waals surface area contributed by atoms with Gasteiger partial charge in [-0.25, -0.2) is 19.0 Å². The number of carboxylic acid groups (broad SMARTS) is 1. The Labute approximate surface area is 109 Å². The summed E-state index contributed by atoms with van der Waals surface area (Å²) in [5, 5.41) is 11.2. The van der Waals surface area contributed by atoms with Crippen molar-refractivity contribution in [2.45, 2.75) is 33.3 Å². The topological polar surface area (TPSA) is 88.5 Å². The van der Waals surface area contributed by atoms with Gasteiger partial charge in [0.15, 0.2) is 5.82 Å². The van der Waals surface area contributed by atoms with E-state index in [1.54, 1.807) is 20.8 Å². The van der Waals surface area contributed by atoms with Crippen LogP contribution in [0, 0.1) is 12.7 Å². The maximum absolute atomic E-state index is 13.3. The number of aromatic nitrogens is 1. The Kier molecular flexibility index (Phi) is 4.08. The van der Waals surface area contributed by atoms with Crippen molar-refractivity contribution in [3.8, 4) is 0 Å². The first kappa shape index (κ1) is 14.9. The fourth-order valence-corrected chi connectivity index (χ4v) is 1.37. The predicted octanol–water partition coefficient (Wildman–Crippen LogP) is 2.57. The number of ether oxygens (including phenoxy) is 1. The van der Waals surface area contributed by atoms with Gasteiger partial charge in [0, 0.05) is 5.56 Å². The van der Waals surface area contributed by atoms with Crippen molar-refractivity contribution >= 4 is 17.9 Å². The first-order valence-electron chi connectivity index (χ1n) is 5.50. The third-order valence-corrected chi connectivity index (χ3v) is 2.11. The van der Waals surface area contributed by atoms with Gasteiger partial charge in [-0.1, -0.05) is 0 Å². The minimum atomic E-state index is -1.43. The number of nitrogens with zero attached hydrogens (tertiary/aromatic N) is 1. The van der Waals surface area contributed by atoms with Crippen molar-refractivity contribution in [1.82, 2.24) is 4.98 Å². The van der Waals surface area contributed by atoms with Crippen molar-refractivity contribution in [2.75, 3.05) is 5.32 Å². The zero-order valence-corrected chi connectivity index (χ0v) is 11.1. The molecule has 0 saturated carbocycles. The van der Waals surface area contributed by atoms with Crippen LogP contribution in [0.3, 0.4) is 0 Å². The van der Waals surface area contributed by atoms with Gasteiger partial charge in [-0.05, 0) is 27.7 Å². The molecule has 19 heavy (non-hydrogen) atoms. The van der Waals surface area contributed by atoms with E-state index in [4.69, 9.17) is 9.84 Å². The number of aromatic carboxylic acids is 1. The van der Waals surface area contributed by atoms with E-state index < -0.39 is 29.0 Å². The zero-order valence-electron chi connectivity index (χ0n) is 11.1. The molecule has 0 bridgehead atoms. The number of nitrogens with one attached hydrogen (secondary N) is 1. The van der Waals surface area contributed by atoms with Crippen LogP contribution in [0.5, 0.6) is 0 Å². The van der Waals surface area contributed by atoms with Gasteiger partial charge in [-0.2, -0.15) is 0 Å². The Morgan fingerprint density at radius 3 is 2.47 bits per heavy atom. The normalized spacial score (nSPS) is 11.0. The highest BCUT2D eigenvalue weighted by atomic mass is 19.1. The number of halogens is 1. The summed E-state index contributed by atoms with van der Waals surface area (Å²) in [6.45, 7) is 6.40. The molecule has 1 aromatic heterocycles. The molecule has 0 aliphatic rings. The lowest BCUT2D eigenvalue weighted by Crippen LogP contribution is -2.28. The molecule has 0 saturated heterocycles. The number of rotatable bonds is 2. The predicted molar refractivity (Wildman–Crippen MR) is 65.7 cm³/mol. The van der Waals surface area contributed by atoms with Gasteiger partial charge < -0.3 is 9.84 Å². The van der Waals surface area contributed by atoms with Crippen molar-refractivity contribution in [2.24, 2.45) is 0 Å². The van der Waals surface area contributed by atoms with Crippen LogP contribution in [0.4, 0.5) is 15.0 Å². The molecule has 1 amide bonds. The van der Waals surface area contributed by atoms with Crippen molar-refractivity contribution in [3.63, 3.8) is 0 Å². The lowest BCUT2D eigenvalue weighted by molar-refractivity contribution is 0.0631. The first-order valence-corrected chi connectivity index (χ1v) is 5.50. The quantitative estimate of drug-likeness (QED) is 0.862. The Morgan fingerprint density at radius 1 is 1.42 bits per heavy atom. The van der Waals surface area contributed by atoms with Gasteiger partial charge in [0.1, 0.15) is 17.0 Å². The summed E-state index contributed by atoms with van der Waals surface area (Å²) < 4.78 is 18.3. The SMILES string of the molecule is Cc1c(NC(=O)OC(C)(C)C)ncc(F)c1C(=O)O. The molecule has 2 N–H and O–H groups in total. The van der Waals surface area contributed by atoms with Gasteiger partial charge >= 0.3 is 12.1 Å². The molecule has 0 spiro atoms. The van der Waals surface area contributed by atoms with Gasteiger partial charge in [0.25, 0.3) is 0 Å². The third kappa shape index (κ3) is 3.90. The Balaban J connectivity index is 3.01. The summed E-state index contributed by atoms with van der Waals surface area (Å²) >= 11 is 0. The summed E-state index contributed by atoms with van der Waals surface area (Å²) in [6, 6.07) is 0. The van der Waals surface area contributed by atoms with E-state index in [1.165, 1.54) is 6.92 Å². The van der Waals surface area contributed by atoms with Gasteiger partial charge in [0.2, 0.25) is 0 Å². The second-order valence-electron chi connectivity index (χ2n) is 4.89. The van der Waals surface area contributed by atoms with Crippen LogP contribution in [0.1, 0.15) is 36.7 Å². The van der Waals surface area contributed by atoms with E-state index in [1.807, 2.05) is 0 Å². The Morgan fingerprint density at radius 2 is 2.00 bits per heavy atom. The molecular formula is C12H15FN2O4.